The summed E-state index contributed by atoms with van der Waals surface area (Å²) in [6.45, 7) is 3.30. The van der Waals surface area contributed by atoms with E-state index in [1.54, 1.807) is 0 Å². The molecule has 112 valence electrons. The van der Waals surface area contributed by atoms with Crippen LogP contribution in [0.2, 0.25) is 0 Å². The largest absolute Gasteiger partial charge is 0.309 e. The van der Waals surface area contributed by atoms with E-state index in [1.165, 1.54) is 40.0 Å². The Morgan fingerprint density at radius 1 is 1.29 bits per heavy atom. The van der Waals surface area contributed by atoms with Gasteiger partial charge in [-0.1, -0.05) is 31.2 Å². The molecule has 1 saturated heterocycles. The number of nitrogens with zero attached hydrogens (tertiary/aromatic N) is 1. The second-order valence-corrected chi connectivity index (χ2v) is 7.86. The lowest BCUT2D eigenvalue weighted by Crippen LogP contribution is -2.34. The zero-order valence-electron chi connectivity index (χ0n) is 12.4. The van der Waals surface area contributed by atoms with Crippen LogP contribution in [0.3, 0.4) is 0 Å². The van der Waals surface area contributed by atoms with Crippen molar-refractivity contribution in [3.8, 4) is 0 Å². The van der Waals surface area contributed by atoms with Gasteiger partial charge in [0.1, 0.15) is 0 Å². The summed E-state index contributed by atoms with van der Waals surface area (Å²) in [5, 5.41) is 7.00. The van der Waals surface area contributed by atoms with E-state index in [0.717, 1.165) is 6.54 Å². The summed E-state index contributed by atoms with van der Waals surface area (Å²) in [5.74, 6) is 3.78. The van der Waals surface area contributed by atoms with Gasteiger partial charge < -0.3 is 5.32 Å². The van der Waals surface area contributed by atoms with Gasteiger partial charge in [-0.25, -0.2) is 0 Å². The topological polar surface area (TPSA) is 24.9 Å². The maximum Gasteiger partial charge on any atom is 0.0470 e. The van der Waals surface area contributed by atoms with Crippen LogP contribution in [-0.4, -0.2) is 34.0 Å². The summed E-state index contributed by atoms with van der Waals surface area (Å²) < 4.78 is 0. The Morgan fingerprint density at radius 2 is 2.19 bits per heavy atom. The maximum atomic E-state index is 4.48. The highest BCUT2D eigenvalue weighted by Crippen LogP contribution is 2.35. The zero-order valence-corrected chi connectivity index (χ0v) is 14.1. The van der Waals surface area contributed by atoms with Crippen LogP contribution in [0.1, 0.15) is 24.9 Å². The van der Waals surface area contributed by atoms with Crippen molar-refractivity contribution in [2.24, 2.45) is 0 Å². The average molecular weight is 319 g/mol. The first-order chi connectivity index (χ1) is 10.4. The van der Waals surface area contributed by atoms with E-state index in [1.807, 2.05) is 6.20 Å². The van der Waals surface area contributed by atoms with Gasteiger partial charge in [0.05, 0.1) is 0 Å². The first-order valence-corrected chi connectivity index (χ1v) is 9.86. The summed E-state index contributed by atoms with van der Waals surface area (Å²) in [6, 6.07) is 9.01. The quantitative estimate of drug-likeness (QED) is 0.896. The Morgan fingerprint density at radius 3 is 3.00 bits per heavy atom. The van der Waals surface area contributed by atoms with Crippen LogP contribution in [0.15, 0.2) is 36.7 Å². The summed E-state index contributed by atoms with van der Waals surface area (Å²) in [6.07, 6.45) is 5.20. The van der Waals surface area contributed by atoms with Gasteiger partial charge in [-0.05, 0) is 23.9 Å². The van der Waals surface area contributed by atoms with Gasteiger partial charge in [-0.2, -0.15) is 23.5 Å². The van der Waals surface area contributed by atoms with Crippen molar-refractivity contribution < 1.29 is 0 Å². The van der Waals surface area contributed by atoms with E-state index >= 15 is 0 Å². The number of aromatic nitrogens is 1. The smallest absolute Gasteiger partial charge is 0.0470 e. The summed E-state index contributed by atoms with van der Waals surface area (Å²) in [4.78, 5) is 4.48. The minimum Gasteiger partial charge on any atom is -0.309 e. The van der Waals surface area contributed by atoms with Gasteiger partial charge in [-0.15, -0.1) is 0 Å². The van der Waals surface area contributed by atoms with Crippen LogP contribution in [0.5, 0.6) is 0 Å². The van der Waals surface area contributed by atoms with E-state index in [2.05, 4.69) is 71.2 Å². The fraction of sp³-hybridized carbons (Fsp3) is 0.471. The molecule has 3 rings (SSSR count). The first kappa shape index (κ1) is 15.2. The molecule has 2 heterocycles. The molecule has 1 aromatic carbocycles. The van der Waals surface area contributed by atoms with Gasteiger partial charge in [0.25, 0.3) is 0 Å². The Balaban J connectivity index is 1.96. The van der Waals surface area contributed by atoms with E-state index < -0.39 is 0 Å². The lowest BCUT2D eigenvalue weighted by atomic mass is 9.99. The number of nitrogens with one attached hydrogen (secondary N) is 1. The highest BCUT2D eigenvalue weighted by Gasteiger charge is 2.26. The predicted molar refractivity (Wildman–Crippen MR) is 96.3 cm³/mol. The molecule has 2 unspecified atom stereocenters. The fourth-order valence-corrected chi connectivity index (χ4v) is 5.69. The molecule has 2 atom stereocenters. The Kier molecular flexibility index (Phi) is 5.44. The molecule has 2 aromatic rings. The van der Waals surface area contributed by atoms with Crippen molar-refractivity contribution in [3.05, 3.63) is 42.2 Å². The number of pyridine rings is 1. The standard InChI is InChI=1S/C17H22N2S2/c1-2-7-19-17(16-12-20-8-9-21-16)15-11-18-10-13-5-3-4-6-14(13)15/h3-6,10-11,16-17,19H,2,7-9,12H2,1H3. The molecule has 21 heavy (non-hydrogen) atoms. The lowest BCUT2D eigenvalue weighted by molar-refractivity contribution is 0.532. The van der Waals surface area contributed by atoms with E-state index in [-0.39, 0.29) is 0 Å². The van der Waals surface area contributed by atoms with Gasteiger partial charge in [0.2, 0.25) is 0 Å². The summed E-state index contributed by atoms with van der Waals surface area (Å²) in [7, 11) is 0. The van der Waals surface area contributed by atoms with Crippen LogP contribution >= 0.6 is 23.5 Å². The molecule has 1 N–H and O–H groups in total. The van der Waals surface area contributed by atoms with Crippen molar-refractivity contribution in [3.63, 3.8) is 0 Å². The van der Waals surface area contributed by atoms with Crippen LogP contribution in [-0.2, 0) is 0 Å². The maximum absolute atomic E-state index is 4.48. The van der Waals surface area contributed by atoms with Crippen molar-refractivity contribution in [1.82, 2.24) is 10.3 Å². The van der Waals surface area contributed by atoms with E-state index in [9.17, 15) is 0 Å². The van der Waals surface area contributed by atoms with Gasteiger partial charge >= 0.3 is 0 Å². The normalized spacial score (nSPS) is 20.5. The highest BCUT2D eigenvalue weighted by atomic mass is 32.2. The number of fused-ring (bicyclic) bond motifs is 1. The Labute approximate surface area is 135 Å². The van der Waals surface area contributed by atoms with Crippen LogP contribution in [0, 0.1) is 0 Å². The van der Waals surface area contributed by atoms with Crippen LogP contribution < -0.4 is 5.32 Å². The molecule has 0 spiro atoms. The molecule has 0 bridgehead atoms. The molecule has 0 saturated carbocycles. The molecule has 4 heteroatoms. The SMILES string of the molecule is CCCNC(c1cncc2ccccc12)C1CSCCS1. The van der Waals surface area contributed by atoms with Crippen LogP contribution in [0.4, 0.5) is 0 Å². The fourth-order valence-electron chi connectivity index (χ4n) is 2.83. The number of hydrogen-bond donors (Lipinski definition) is 1. The summed E-state index contributed by atoms with van der Waals surface area (Å²) in [5.41, 5.74) is 1.36. The van der Waals surface area contributed by atoms with Crippen molar-refractivity contribution in [1.29, 1.82) is 0 Å². The Hall–Kier alpha value is -0.710. The van der Waals surface area contributed by atoms with Gasteiger partial charge in [0.15, 0.2) is 0 Å². The third-order valence-corrected chi connectivity index (χ3v) is 6.73. The second kappa shape index (κ2) is 7.52. The molecule has 1 fully saturated rings. The van der Waals surface area contributed by atoms with Crippen molar-refractivity contribution in [2.45, 2.75) is 24.6 Å². The summed E-state index contributed by atoms with van der Waals surface area (Å²) >= 11 is 4.20. The number of hydrogen-bond acceptors (Lipinski definition) is 4. The number of rotatable bonds is 5. The molecule has 1 aromatic heterocycles. The van der Waals surface area contributed by atoms with Crippen molar-refractivity contribution >= 4 is 34.3 Å². The second-order valence-electron chi connectivity index (χ2n) is 5.37. The van der Waals surface area contributed by atoms with E-state index in [4.69, 9.17) is 0 Å². The molecule has 0 radical (unpaired) electrons. The third kappa shape index (κ3) is 3.55. The molecule has 1 aliphatic heterocycles. The molecule has 0 amide bonds. The first-order valence-electron chi connectivity index (χ1n) is 7.65. The molecule has 0 aliphatic carbocycles. The molecular formula is C17H22N2S2. The zero-order chi connectivity index (χ0) is 14.5. The molecule has 1 aliphatic rings. The number of benzene rings is 1. The Bertz CT molecular complexity index is 577. The molecule has 2 nitrogen and oxygen atoms in total. The molecular weight excluding hydrogens is 296 g/mol. The van der Waals surface area contributed by atoms with Crippen molar-refractivity contribution in [2.75, 3.05) is 23.8 Å². The highest BCUT2D eigenvalue weighted by molar-refractivity contribution is 8.06. The monoisotopic (exact) mass is 318 g/mol. The lowest BCUT2D eigenvalue weighted by Gasteiger charge is -2.31. The minimum atomic E-state index is 0.404. The third-order valence-electron chi connectivity index (χ3n) is 3.86. The predicted octanol–water partition coefficient (Wildman–Crippen LogP) is 4.12. The average Bonchev–Trinajstić information content (AvgIpc) is 2.56. The van der Waals surface area contributed by atoms with Gasteiger partial charge in [-0.3, -0.25) is 4.98 Å². The van der Waals surface area contributed by atoms with Crippen LogP contribution in [0.25, 0.3) is 10.8 Å². The number of thioether (sulfide) groups is 2. The van der Waals surface area contributed by atoms with Gasteiger partial charge in [0, 0.05) is 46.3 Å². The van der Waals surface area contributed by atoms with E-state index in [0.29, 0.717) is 11.3 Å². The minimum absolute atomic E-state index is 0.404.